The van der Waals surface area contributed by atoms with Gasteiger partial charge >= 0.3 is 0 Å². The zero-order valence-corrected chi connectivity index (χ0v) is 43.9. The van der Waals surface area contributed by atoms with E-state index in [0.29, 0.717) is 38.5 Å². The molecule has 0 spiro atoms. The van der Waals surface area contributed by atoms with E-state index in [1.807, 2.05) is 101 Å². The maximum atomic E-state index is 14.1. The van der Waals surface area contributed by atoms with Crippen LogP contribution in [0.3, 0.4) is 0 Å². The number of nitrogens with one attached hydrogen (secondary N) is 2. The summed E-state index contributed by atoms with van der Waals surface area (Å²) in [6.07, 6.45) is 0.600. The lowest BCUT2D eigenvalue weighted by atomic mass is 9.85. The predicted octanol–water partition coefficient (Wildman–Crippen LogP) is 7.75. The van der Waals surface area contributed by atoms with Crippen LogP contribution in [-0.2, 0) is 25.7 Å². The van der Waals surface area contributed by atoms with Gasteiger partial charge in [-0.3, -0.25) is 19.2 Å². The summed E-state index contributed by atoms with van der Waals surface area (Å²) >= 11 is 7.92. The summed E-state index contributed by atoms with van der Waals surface area (Å²) in [7, 11) is 1.81. The fourth-order valence-corrected chi connectivity index (χ4v) is 10.4. The predicted molar refractivity (Wildman–Crippen MR) is 287 cm³/mol. The molecule has 0 bridgehead atoms. The number of β-amino-alcohol motifs (C(OH)–C–C–N with tert-alkyl or cyclic N) is 1. The summed E-state index contributed by atoms with van der Waals surface area (Å²) in [4.78, 5) is 67.4. The first-order valence-electron chi connectivity index (χ1n) is 25.1. The SMILES string of the molecule is Cc1ncsc1-c1ccc(CNC(=O)[C@@H]2C[C@@H](O)CN2C(=O)[C@@H](NC(=O)CCN2CCN(CCC(=O)N(C)CCOc3ccc(/C(=C(/CCCl)c4ccccc4)c4ccccc4)cc3)CC2)C(C)(C)C)cc1. The summed E-state index contributed by atoms with van der Waals surface area (Å²) in [6, 6.07) is 35.0. The van der Waals surface area contributed by atoms with Crippen molar-refractivity contribution in [2.24, 2.45) is 5.41 Å². The minimum Gasteiger partial charge on any atom is -0.492 e. The number of aliphatic hydroxyl groups excluding tert-OH is 1. The van der Waals surface area contributed by atoms with Crippen molar-refractivity contribution in [1.82, 2.24) is 35.2 Å². The number of rotatable bonds is 21. The molecule has 2 saturated heterocycles. The van der Waals surface area contributed by atoms with E-state index in [4.69, 9.17) is 16.3 Å². The van der Waals surface area contributed by atoms with Gasteiger partial charge in [0.2, 0.25) is 23.6 Å². The number of ether oxygens (including phenoxy) is 1. The van der Waals surface area contributed by atoms with Gasteiger partial charge in [-0.1, -0.05) is 118 Å². The highest BCUT2D eigenvalue weighted by molar-refractivity contribution is 7.13. The van der Waals surface area contributed by atoms with Crippen LogP contribution in [0.5, 0.6) is 5.75 Å². The first-order valence-corrected chi connectivity index (χ1v) is 26.5. The maximum absolute atomic E-state index is 14.1. The Bertz CT molecular complexity index is 2600. The number of carbonyl (C=O) groups excluding carboxylic acids is 4. The Morgan fingerprint density at radius 1 is 0.833 bits per heavy atom. The number of carbonyl (C=O) groups is 4. The third kappa shape index (κ3) is 14.6. The third-order valence-electron chi connectivity index (χ3n) is 13.6. The molecule has 0 saturated carbocycles. The summed E-state index contributed by atoms with van der Waals surface area (Å²) in [5.41, 5.74) is 9.77. The van der Waals surface area contributed by atoms with E-state index in [0.717, 1.165) is 82.3 Å². The monoisotopic (exact) mass is 1020 g/mol. The van der Waals surface area contributed by atoms with Crippen LogP contribution in [0.1, 0.15) is 74.4 Å². The van der Waals surface area contributed by atoms with Crippen molar-refractivity contribution in [3.63, 3.8) is 0 Å². The normalized spacial score (nSPS) is 17.2. The second-order valence-corrected chi connectivity index (χ2v) is 21.1. The highest BCUT2D eigenvalue weighted by Gasteiger charge is 2.44. The molecule has 4 aromatic carbocycles. The molecule has 2 aliphatic rings. The van der Waals surface area contributed by atoms with E-state index in [-0.39, 0.29) is 49.6 Å². The minimum absolute atomic E-state index is 0.0144. The topological polar surface area (TPSA) is 148 Å². The summed E-state index contributed by atoms with van der Waals surface area (Å²) in [6.45, 7) is 13.0. The number of likely N-dealkylation sites (N-methyl/N-ethyl adjacent to an activating group) is 1. The van der Waals surface area contributed by atoms with Crippen LogP contribution in [0, 0.1) is 12.3 Å². The molecule has 13 nitrogen and oxygen atoms in total. The Morgan fingerprint density at radius 3 is 2.04 bits per heavy atom. The molecule has 2 fully saturated rings. The van der Waals surface area contributed by atoms with Crippen molar-refractivity contribution in [1.29, 1.82) is 0 Å². The van der Waals surface area contributed by atoms with Crippen LogP contribution in [0.15, 0.2) is 115 Å². The lowest BCUT2D eigenvalue weighted by Gasteiger charge is -2.36. The van der Waals surface area contributed by atoms with Gasteiger partial charge < -0.3 is 40.1 Å². The van der Waals surface area contributed by atoms with E-state index in [9.17, 15) is 24.3 Å². The van der Waals surface area contributed by atoms with E-state index in [2.05, 4.69) is 73.9 Å². The van der Waals surface area contributed by atoms with E-state index < -0.39 is 23.6 Å². The van der Waals surface area contributed by atoms with Crippen molar-refractivity contribution in [2.45, 2.75) is 78.1 Å². The summed E-state index contributed by atoms with van der Waals surface area (Å²) in [5.74, 6) is 0.322. The van der Waals surface area contributed by atoms with Gasteiger partial charge in [0.1, 0.15) is 24.4 Å². The van der Waals surface area contributed by atoms with E-state index in [1.165, 1.54) is 10.5 Å². The van der Waals surface area contributed by atoms with Gasteiger partial charge in [0.05, 0.1) is 28.7 Å². The Balaban J connectivity index is 0.815. The number of hydrogen-bond donors (Lipinski definition) is 3. The van der Waals surface area contributed by atoms with Gasteiger partial charge in [0.15, 0.2) is 0 Å². The number of aliphatic hydroxyl groups is 1. The zero-order chi connectivity index (χ0) is 51.2. The number of piperazine rings is 1. The van der Waals surface area contributed by atoms with Crippen molar-refractivity contribution in [3.05, 3.63) is 143 Å². The molecule has 3 N–H and O–H groups in total. The average Bonchev–Trinajstić information content (AvgIpc) is 4.01. The number of amides is 4. The molecule has 3 atom stereocenters. The molecule has 3 heterocycles. The Morgan fingerprint density at radius 2 is 1.44 bits per heavy atom. The number of benzene rings is 4. The Hall–Kier alpha value is -5.90. The van der Waals surface area contributed by atoms with Gasteiger partial charge in [-0.2, -0.15) is 0 Å². The van der Waals surface area contributed by atoms with Crippen LogP contribution in [-0.4, -0.2) is 143 Å². The second kappa shape index (κ2) is 25.7. The number of likely N-dealkylation sites (tertiary alicyclic amines) is 1. The molecule has 2 aliphatic heterocycles. The number of hydrogen-bond acceptors (Lipinski definition) is 10. The molecule has 4 amide bonds. The van der Waals surface area contributed by atoms with Crippen LogP contribution in [0.25, 0.3) is 21.6 Å². The lowest BCUT2D eigenvalue weighted by molar-refractivity contribution is -0.144. The molecular weight excluding hydrogens is 946 g/mol. The van der Waals surface area contributed by atoms with E-state index >= 15 is 0 Å². The fourth-order valence-electron chi connectivity index (χ4n) is 9.36. The molecule has 0 aliphatic carbocycles. The number of alkyl halides is 1. The molecule has 72 heavy (non-hydrogen) atoms. The van der Waals surface area contributed by atoms with Crippen LogP contribution in [0.2, 0.25) is 0 Å². The van der Waals surface area contributed by atoms with Gasteiger partial charge in [-0.15, -0.1) is 22.9 Å². The van der Waals surface area contributed by atoms with Gasteiger partial charge in [0.25, 0.3) is 0 Å². The number of nitrogens with zero attached hydrogens (tertiary/aromatic N) is 5. The van der Waals surface area contributed by atoms with Crippen molar-refractivity contribution >= 4 is 57.7 Å². The largest absolute Gasteiger partial charge is 0.492 e. The molecule has 382 valence electrons. The number of thiazole rings is 1. The standard InChI is InChI=1S/C57H70ClN7O6S/c1-40-53(72-39-60-40)45-18-16-41(17-19-45)37-59-55(69)49-36-46(66)38-65(49)56(70)54(57(2,3)4)61-50(67)25-28-63-30-32-64(33-31-63)29-26-51(68)62(5)34-35-71-47-22-20-44(21-23-47)52(43-14-10-7-11-15-43)48(24-27-58)42-12-8-6-9-13-42/h6-23,39,46,49,54,66H,24-38H2,1-5H3,(H,59,69)(H,61,67)/b52-48-/t46-,49+,54-/m1/s1. The fraction of sp³-hybridized carbons (Fsp3) is 0.421. The second-order valence-electron chi connectivity index (χ2n) is 19.8. The molecule has 1 aromatic heterocycles. The molecule has 7 rings (SSSR count). The third-order valence-corrected chi connectivity index (χ3v) is 14.7. The highest BCUT2D eigenvalue weighted by Crippen LogP contribution is 2.36. The maximum Gasteiger partial charge on any atom is 0.246 e. The first-order chi connectivity index (χ1) is 34.7. The molecular formula is C57H70ClN7O6S. The molecule has 15 heteroatoms. The minimum atomic E-state index is -0.893. The number of halogens is 1. The highest BCUT2D eigenvalue weighted by atomic mass is 35.5. The van der Waals surface area contributed by atoms with Gasteiger partial charge in [-0.25, -0.2) is 4.98 Å². The number of aryl methyl sites for hydroxylation is 1. The van der Waals surface area contributed by atoms with E-state index in [1.54, 1.807) is 16.2 Å². The van der Waals surface area contributed by atoms with Crippen molar-refractivity contribution in [3.8, 4) is 16.2 Å². The Labute approximate surface area is 434 Å². The number of allylic oxidation sites excluding steroid dienone is 1. The molecule has 0 radical (unpaired) electrons. The van der Waals surface area contributed by atoms with Crippen LogP contribution < -0.4 is 15.4 Å². The van der Waals surface area contributed by atoms with Gasteiger partial charge in [0, 0.05) is 84.5 Å². The molecule has 0 unspecified atom stereocenters. The van der Waals surface area contributed by atoms with Crippen molar-refractivity contribution < 1.29 is 29.0 Å². The van der Waals surface area contributed by atoms with Crippen LogP contribution >= 0.6 is 22.9 Å². The number of aromatic nitrogens is 1. The van der Waals surface area contributed by atoms with Crippen molar-refractivity contribution in [2.75, 3.05) is 71.9 Å². The smallest absolute Gasteiger partial charge is 0.246 e. The van der Waals surface area contributed by atoms with Gasteiger partial charge in [-0.05, 0) is 69.9 Å². The zero-order valence-electron chi connectivity index (χ0n) is 42.3. The first kappa shape index (κ1) is 53.9. The summed E-state index contributed by atoms with van der Waals surface area (Å²) < 4.78 is 6.11. The molecule has 5 aromatic rings. The summed E-state index contributed by atoms with van der Waals surface area (Å²) in [5, 5.41) is 16.6. The Kier molecular flexibility index (Phi) is 19.2. The average molecular weight is 1020 g/mol. The van der Waals surface area contributed by atoms with Crippen LogP contribution in [0.4, 0.5) is 0 Å². The quantitative estimate of drug-likeness (QED) is 0.0496. The lowest BCUT2D eigenvalue weighted by Crippen LogP contribution is -2.58.